The summed E-state index contributed by atoms with van der Waals surface area (Å²) in [6.45, 7) is 0. The Hall–Kier alpha value is -3.35. The van der Waals surface area contributed by atoms with E-state index in [4.69, 9.17) is 0 Å². The first-order chi connectivity index (χ1) is 12.3. The van der Waals surface area contributed by atoms with Gasteiger partial charge in [-0.05, 0) is 53.1 Å². The molecule has 1 aliphatic rings. The van der Waals surface area contributed by atoms with Crippen LogP contribution in [-0.4, -0.2) is 31.1 Å². The quantitative estimate of drug-likeness (QED) is 0.726. The highest BCUT2D eigenvalue weighted by atomic mass is 16.1. The number of tetrazole rings is 1. The van der Waals surface area contributed by atoms with E-state index in [9.17, 15) is 4.79 Å². The number of rotatable bonds is 5. The molecular formula is C18H16N6O. The normalized spacial score (nSPS) is 13.9. The fraction of sp³-hybridized carbons (Fsp3) is 0.167. The molecule has 0 aliphatic heterocycles. The number of hydrogen-bond donors (Lipinski definition) is 1. The minimum absolute atomic E-state index is 0.206. The number of anilines is 1. The number of aromatic nitrogens is 5. The third-order valence-electron chi connectivity index (χ3n) is 3.89. The van der Waals surface area contributed by atoms with Crippen molar-refractivity contribution in [1.29, 1.82) is 0 Å². The molecule has 1 amide bonds. The summed E-state index contributed by atoms with van der Waals surface area (Å²) in [6.07, 6.45) is 8.80. The molecular weight excluding hydrogens is 316 g/mol. The summed E-state index contributed by atoms with van der Waals surface area (Å²) < 4.78 is 1.85. The molecule has 1 fully saturated rings. The molecule has 0 saturated heterocycles. The molecule has 0 unspecified atom stereocenters. The number of nitrogens with zero attached hydrogens (tertiary/aromatic N) is 5. The maximum atomic E-state index is 12.1. The summed E-state index contributed by atoms with van der Waals surface area (Å²) in [4.78, 5) is 16.1. The van der Waals surface area contributed by atoms with Gasteiger partial charge in [-0.25, -0.2) is 4.68 Å². The molecule has 1 saturated carbocycles. The summed E-state index contributed by atoms with van der Waals surface area (Å²) >= 11 is 0. The molecule has 0 atom stereocenters. The lowest BCUT2D eigenvalue weighted by atomic mass is 10.2. The second kappa shape index (κ2) is 6.64. The molecule has 1 aliphatic carbocycles. The van der Waals surface area contributed by atoms with E-state index in [1.807, 2.05) is 41.1 Å². The third-order valence-corrected chi connectivity index (χ3v) is 3.89. The first kappa shape index (κ1) is 15.2. The minimum atomic E-state index is -0.206. The van der Waals surface area contributed by atoms with Crippen molar-refractivity contribution in [2.75, 3.05) is 5.32 Å². The molecule has 2 aromatic heterocycles. The largest absolute Gasteiger partial charge is 0.322 e. The topological polar surface area (TPSA) is 85.6 Å². The maximum absolute atomic E-state index is 12.1. The van der Waals surface area contributed by atoms with Gasteiger partial charge >= 0.3 is 0 Å². The van der Waals surface area contributed by atoms with Gasteiger partial charge in [0, 0.05) is 29.7 Å². The van der Waals surface area contributed by atoms with Gasteiger partial charge in [-0.15, -0.1) is 5.10 Å². The number of carbonyl (C=O) groups excluding carboxylic acids is 1. The van der Waals surface area contributed by atoms with Crippen molar-refractivity contribution in [3.8, 4) is 11.4 Å². The molecule has 7 heteroatoms. The van der Waals surface area contributed by atoms with Gasteiger partial charge in [0.15, 0.2) is 5.82 Å². The summed E-state index contributed by atoms with van der Waals surface area (Å²) in [6, 6.07) is 11.6. The second-order valence-corrected chi connectivity index (χ2v) is 5.87. The van der Waals surface area contributed by atoms with Crippen LogP contribution in [0.3, 0.4) is 0 Å². The predicted molar refractivity (Wildman–Crippen MR) is 93.4 cm³/mol. The lowest BCUT2D eigenvalue weighted by Crippen LogP contribution is -2.08. The highest BCUT2D eigenvalue weighted by Crippen LogP contribution is 2.36. The summed E-state index contributed by atoms with van der Waals surface area (Å²) in [5.41, 5.74) is 2.45. The van der Waals surface area contributed by atoms with Crippen LogP contribution >= 0.6 is 0 Å². The predicted octanol–water partition coefficient (Wildman–Crippen LogP) is 2.72. The van der Waals surface area contributed by atoms with Crippen LogP contribution in [0.4, 0.5) is 5.69 Å². The second-order valence-electron chi connectivity index (χ2n) is 5.87. The molecule has 7 nitrogen and oxygen atoms in total. The van der Waals surface area contributed by atoms with E-state index < -0.39 is 0 Å². The summed E-state index contributed by atoms with van der Waals surface area (Å²) in [5.74, 6) is 0.521. The van der Waals surface area contributed by atoms with E-state index >= 15 is 0 Å². The van der Waals surface area contributed by atoms with Crippen LogP contribution in [0.2, 0.25) is 0 Å². The standard InChI is InChI=1S/C18H16N6O/c25-17(9-6-13-3-2-10-19-12-13)20-15-5-1-4-14(11-15)18-21-22-23-24(18)16-7-8-16/h1-6,9-12,16H,7-8H2,(H,20,25)/b9-6+. The van der Waals surface area contributed by atoms with Crippen molar-refractivity contribution in [2.24, 2.45) is 0 Å². The van der Waals surface area contributed by atoms with Crippen LogP contribution in [0.5, 0.6) is 0 Å². The van der Waals surface area contributed by atoms with E-state index in [0.29, 0.717) is 11.7 Å². The van der Waals surface area contributed by atoms with Gasteiger partial charge in [0.2, 0.25) is 5.91 Å². The van der Waals surface area contributed by atoms with Gasteiger partial charge in [-0.1, -0.05) is 18.2 Å². The first-order valence-electron chi connectivity index (χ1n) is 8.07. The molecule has 3 aromatic rings. The third kappa shape index (κ3) is 3.60. The van der Waals surface area contributed by atoms with Crippen LogP contribution in [-0.2, 0) is 4.79 Å². The molecule has 4 rings (SSSR count). The molecule has 0 bridgehead atoms. The van der Waals surface area contributed by atoms with Crippen LogP contribution < -0.4 is 5.32 Å². The van der Waals surface area contributed by atoms with E-state index in [0.717, 1.165) is 29.8 Å². The van der Waals surface area contributed by atoms with E-state index in [-0.39, 0.29) is 5.91 Å². The Labute approximate surface area is 144 Å². The SMILES string of the molecule is O=C(/C=C/c1cccnc1)Nc1cccc(-c2nnnn2C2CC2)c1. The fourth-order valence-electron chi connectivity index (χ4n) is 2.52. The van der Waals surface area contributed by atoms with Crippen LogP contribution in [0.1, 0.15) is 24.4 Å². The Bertz CT molecular complexity index is 914. The molecule has 1 N–H and O–H groups in total. The Balaban J connectivity index is 1.49. The van der Waals surface area contributed by atoms with Crippen LogP contribution in [0.25, 0.3) is 17.5 Å². The van der Waals surface area contributed by atoms with Gasteiger partial charge in [0.05, 0.1) is 6.04 Å². The smallest absolute Gasteiger partial charge is 0.248 e. The molecule has 25 heavy (non-hydrogen) atoms. The number of amides is 1. The van der Waals surface area contributed by atoms with Gasteiger partial charge in [0.1, 0.15) is 0 Å². The van der Waals surface area contributed by atoms with Crippen molar-refractivity contribution in [2.45, 2.75) is 18.9 Å². The van der Waals surface area contributed by atoms with Crippen molar-refractivity contribution in [1.82, 2.24) is 25.2 Å². The molecule has 0 spiro atoms. The lowest BCUT2D eigenvalue weighted by molar-refractivity contribution is -0.111. The highest BCUT2D eigenvalue weighted by molar-refractivity contribution is 6.02. The van der Waals surface area contributed by atoms with Gasteiger partial charge < -0.3 is 5.32 Å². The maximum Gasteiger partial charge on any atom is 0.248 e. The zero-order valence-electron chi connectivity index (χ0n) is 13.4. The van der Waals surface area contributed by atoms with Crippen LogP contribution in [0, 0.1) is 0 Å². The van der Waals surface area contributed by atoms with Gasteiger partial charge in [-0.2, -0.15) is 0 Å². The number of pyridine rings is 1. The Morgan fingerprint density at radius 3 is 2.96 bits per heavy atom. The van der Waals surface area contributed by atoms with Gasteiger partial charge in [0.25, 0.3) is 0 Å². The number of hydrogen-bond acceptors (Lipinski definition) is 5. The molecule has 0 radical (unpaired) electrons. The zero-order valence-corrected chi connectivity index (χ0v) is 13.4. The number of carbonyl (C=O) groups is 1. The van der Waals surface area contributed by atoms with Crippen molar-refractivity contribution >= 4 is 17.7 Å². The van der Waals surface area contributed by atoms with E-state index in [1.165, 1.54) is 6.08 Å². The van der Waals surface area contributed by atoms with Crippen molar-refractivity contribution in [3.63, 3.8) is 0 Å². The average Bonchev–Trinajstić information content (AvgIpc) is 3.37. The Kier molecular flexibility index (Phi) is 4.04. The van der Waals surface area contributed by atoms with Crippen LogP contribution in [0.15, 0.2) is 54.9 Å². The highest BCUT2D eigenvalue weighted by Gasteiger charge is 2.28. The fourth-order valence-corrected chi connectivity index (χ4v) is 2.52. The van der Waals surface area contributed by atoms with E-state index in [1.54, 1.807) is 18.5 Å². The summed E-state index contributed by atoms with van der Waals surface area (Å²) in [5, 5.41) is 14.8. The van der Waals surface area contributed by atoms with Gasteiger partial charge in [-0.3, -0.25) is 9.78 Å². The minimum Gasteiger partial charge on any atom is -0.322 e. The molecule has 2 heterocycles. The number of nitrogens with one attached hydrogen (secondary N) is 1. The zero-order chi connectivity index (χ0) is 17.1. The monoisotopic (exact) mass is 332 g/mol. The number of benzene rings is 1. The molecule has 124 valence electrons. The Morgan fingerprint density at radius 2 is 2.16 bits per heavy atom. The van der Waals surface area contributed by atoms with E-state index in [2.05, 4.69) is 25.8 Å². The molecule has 1 aromatic carbocycles. The first-order valence-corrected chi connectivity index (χ1v) is 8.07. The average molecular weight is 332 g/mol. The summed E-state index contributed by atoms with van der Waals surface area (Å²) in [7, 11) is 0. The van der Waals surface area contributed by atoms with Crippen molar-refractivity contribution < 1.29 is 4.79 Å². The van der Waals surface area contributed by atoms with Crippen molar-refractivity contribution in [3.05, 3.63) is 60.4 Å². The lowest BCUT2D eigenvalue weighted by Gasteiger charge is -2.06. The Morgan fingerprint density at radius 1 is 1.24 bits per heavy atom.